The molecule has 0 heterocycles. The fourth-order valence-corrected chi connectivity index (χ4v) is 0.927. The molecule has 0 N–H and O–H groups in total. The summed E-state index contributed by atoms with van der Waals surface area (Å²) in [6, 6.07) is 0. The molecule has 0 rings (SSSR count). The lowest BCUT2D eigenvalue weighted by atomic mass is 9.90. The normalized spacial score (nSPS) is 14.7. The zero-order valence-corrected chi connectivity index (χ0v) is 7.80. The molecule has 0 spiro atoms. The molecular weight excluding hydrogens is 132 g/mol. The second kappa shape index (κ2) is 4.95. The monoisotopic (exact) mass is 150 g/mol. The van der Waals surface area contributed by atoms with Crippen molar-refractivity contribution >= 4 is 0 Å². The quantitative estimate of drug-likeness (QED) is 0.537. The Kier molecular flexibility index (Phi) is 4.60. The molecule has 0 nitrogen and oxygen atoms in total. The van der Waals surface area contributed by atoms with E-state index in [1.54, 1.807) is 0 Å². The fourth-order valence-electron chi connectivity index (χ4n) is 0.927. The Morgan fingerprint density at radius 1 is 1.18 bits per heavy atom. The molecule has 0 aromatic rings. The topological polar surface area (TPSA) is 0 Å². The average molecular weight is 150 g/mol. The molecule has 0 saturated carbocycles. The van der Waals surface area contributed by atoms with Gasteiger partial charge in [-0.3, -0.25) is 0 Å². The van der Waals surface area contributed by atoms with Crippen molar-refractivity contribution in [2.75, 3.05) is 0 Å². The van der Waals surface area contributed by atoms with E-state index in [4.69, 9.17) is 0 Å². The summed E-state index contributed by atoms with van der Waals surface area (Å²) >= 11 is 0. The third-order valence-electron chi connectivity index (χ3n) is 2.07. The molecular formula is C11H18. The van der Waals surface area contributed by atoms with Gasteiger partial charge in [0.2, 0.25) is 0 Å². The van der Waals surface area contributed by atoms with E-state index in [1.807, 2.05) is 18.2 Å². The average Bonchev–Trinajstić information content (AvgIpc) is 1.98. The molecule has 0 saturated heterocycles. The van der Waals surface area contributed by atoms with Crippen LogP contribution in [-0.4, -0.2) is 0 Å². The van der Waals surface area contributed by atoms with Crippen LogP contribution >= 0.6 is 0 Å². The maximum absolute atomic E-state index is 3.77. The van der Waals surface area contributed by atoms with E-state index in [0.717, 1.165) is 0 Å². The predicted octanol–water partition coefficient (Wildman–Crippen LogP) is 3.58. The minimum absolute atomic E-state index is 0.575. The van der Waals surface area contributed by atoms with Crippen molar-refractivity contribution in [3.05, 3.63) is 37.0 Å². The van der Waals surface area contributed by atoms with Gasteiger partial charge in [-0.15, -0.1) is 0 Å². The summed E-state index contributed by atoms with van der Waals surface area (Å²) in [5, 5.41) is 0. The minimum atomic E-state index is 0.575. The second-order valence-corrected chi connectivity index (χ2v) is 3.14. The summed E-state index contributed by atoms with van der Waals surface area (Å²) in [5.74, 6) is 1.24. The smallest absolute Gasteiger partial charge is 0.0168 e. The first-order chi connectivity index (χ1) is 5.13. The Hall–Kier alpha value is -0.780. The van der Waals surface area contributed by atoms with E-state index in [9.17, 15) is 0 Å². The molecule has 1 unspecified atom stereocenters. The molecule has 0 aromatic heterocycles. The van der Waals surface area contributed by atoms with Crippen LogP contribution in [0.25, 0.3) is 0 Å². The van der Waals surface area contributed by atoms with Crippen molar-refractivity contribution in [2.24, 2.45) is 11.8 Å². The molecule has 0 aliphatic heterocycles. The van der Waals surface area contributed by atoms with Crippen molar-refractivity contribution < 1.29 is 0 Å². The molecule has 0 amide bonds. The van der Waals surface area contributed by atoms with Crippen LogP contribution in [0.4, 0.5) is 0 Å². The van der Waals surface area contributed by atoms with Gasteiger partial charge < -0.3 is 0 Å². The Bertz CT molecular complexity index is 161. The SMILES string of the molecule is C=C/C=C(\C=C)C(C)C(C)C. The first-order valence-electron chi connectivity index (χ1n) is 4.08. The van der Waals surface area contributed by atoms with Gasteiger partial charge in [0, 0.05) is 0 Å². The third kappa shape index (κ3) is 3.22. The first kappa shape index (κ1) is 10.2. The predicted molar refractivity (Wildman–Crippen MR) is 52.5 cm³/mol. The summed E-state index contributed by atoms with van der Waals surface area (Å²) in [6.45, 7) is 14.1. The standard InChI is InChI=1S/C11H18/c1-6-8-11(7-2)10(5)9(3)4/h6-10H,1-2H2,3-5H3/b11-8+. The highest BCUT2D eigenvalue weighted by Gasteiger charge is 2.08. The van der Waals surface area contributed by atoms with Crippen LogP contribution in [0.1, 0.15) is 20.8 Å². The molecule has 0 aromatic carbocycles. The Labute approximate surface area is 70.3 Å². The zero-order chi connectivity index (χ0) is 8.85. The largest absolute Gasteiger partial charge is 0.0991 e. The van der Waals surface area contributed by atoms with Crippen molar-refractivity contribution in [1.29, 1.82) is 0 Å². The van der Waals surface area contributed by atoms with E-state index >= 15 is 0 Å². The van der Waals surface area contributed by atoms with E-state index in [0.29, 0.717) is 11.8 Å². The van der Waals surface area contributed by atoms with Crippen molar-refractivity contribution in [1.82, 2.24) is 0 Å². The summed E-state index contributed by atoms with van der Waals surface area (Å²) in [7, 11) is 0. The number of hydrogen-bond acceptors (Lipinski definition) is 0. The summed E-state index contributed by atoms with van der Waals surface area (Å²) in [5.41, 5.74) is 1.27. The van der Waals surface area contributed by atoms with Gasteiger partial charge in [-0.1, -0.05) is 52.2 Å². The van der Waals surface area contributed by atoms with Crippen molar-refractivity contribution in [3.63, 3.8) is 0 Å². The molecule has 0 heteroatoms. The van der Waals surface area contributed by atoms with Gasteiger partial charge in [-0.2, -0.15) is 0 Å². The van der Waals surface area contributed by atoms with Crippen LogP contribution in [0.15, 0.2) is 37.0 Å². The first-order valence-corrected chi connectivity index (χ1v) is 4.08. The van der Waals surface area contributed by atoms with Gasteiger partial charge in [-0.05, 0) is 17.4 Å². The maximum Gasteiger partial charge on any atom is -0.0168 e. The van der Waals surface area contributed by atoms with Crippen molar-refractivity contribution in [2.45, 2.75) is 20.8 Å². The molecule has 0 fully saturated rings. The second-order valence-electron chi connectivity index (χ2n) is 3.14. The highest BCUT2D eigenvalue weighted by atomic mass is 14.1. The lowest BCUT2D eigenvalue weighted by Gasteiger charge is -2.16. The molecule has 0 aliphatic rings. The summed E-state index contributed by atoms with van der Waals surface area (Å²) < 4.78 is 0. The van der Waals surface area contributed by atoms with Gasteiger partial charge in [0.25, 0.3) is 0 Å². The summed E-state index contributed by atoms with van der Waals surface area (Å²) in [4.78, 5) is 0. The molecule has 0 radical (unpaired) electrons. The zero-order valence-electron chi connectivity index (χ0n) is 7.80. The van der Waals surface area contributed by atoms with Gasteiger partial charge in [0.1, 0.15) is 0 Å². The third-order valence-corrected chi connectivity index (χ3v) is 2.07. The Morgan fingerprint density at radius 2 is 1.73 bits per heavy atom. The Morgan fingerprint density at radius 3 is 2.00 bits per heavy atom. The van der Waals surface area contributed by atoms with Crippen LogP contribution in [0.5, 0.6) is 0 Å². The lowest BCUT2D eigenvalue weighted by Crippen LogP contribution is -2.05. The number of allylic oxidation sites excluding steroid dienone is 4. The van der Waals surface area contributed by atoms with Crippen LogP contribution in [-0.2, 0) is 0 Å². The number of hydrogen-bond donors (Lipinski definition) is 0. The van der Waals surface area contributed by atoms with Gasteiger partial charge in [0.15, 0.2) is 0 Å². The van der Waals surface area contributed by atoms with E-state index in [1.165, 1.54) is 5.57 Å². The lowest BCUT2D eigenvalue weighted by molar-refractivity contribution is 0.488. The van der Waals surface area contributed by atoms with Gasteiger partial charge in [0.05, 0.1) is 0 Å². The van der Waals surface area contributed by atoms with Crippen molar-refractivity contribution in [3.8, 4) is 0 Å². The molecule has 11 heavy (non-hydrogen) atoms. The highest BCUT2D eigenvalue weighted by Crippen LogP contribution is 2.20. The fraction of sp³-hybridized carbons (Fsp3) is 0.455. The van der Waals surface area contributed by atoms with E-state index in [-0.39, 0.29) is 0 Å². The van der Waals surface area contributed by atoms with Crippen LogP contribution in [0.3, 0.4) is 0 Å². The van der Waals surface area contributed by atoms with Gasteiger partial charge in [-0.25, -0.2) is 0 Å². The Balaban J connectivity index is 4.37. The highest BCUT2D eigenvalue weighted by molar-refractivity contribution is 5.23. The summed E-state index contributed by atoms with van der Waals surface area (Å²) in [6.07, 6.45) is 5.75. The van der Waals surface area contributed by atoms with E-state index < -0.39 is 0 Å². The van der Waals surface area contributed by atoms with Gasteiger partial charge >= 0.3 is 0 Å². The minimum Gasteiger partial charge on any atom is -0.0991 e. The number of rotatable bonds is 4. The van der Waals surface area contributed by atoms with Crippen LogP contribution in [0, 0.1) is 11.8 Å². The maximum atomic E-state index is 3.77. The van der Waals surface area contributed by atoms with E-state index in [2.05, 4.69) is 33.9 Å². The van der Waals surface area contributed by atoms with Crippen LogP contribution < -0.4 is 0 Å². The molecule has 1 atom stereocenters. The molecule has 0 bridgehead atoms. The van der Waals surface area contributed by atoms with Crippen LogP contribution in [0.2, 0.25) is 0 Å². The molecule has 62 valence electrons. The molecule has 0 aliphatic carbocycles.